The number of amides is 1. The summed E-state index contributed by atoms with van der Waals surface area (Å²) in [6.07, 6.45) is 1.39. The van der Waals surface area contributed by atoms with Gasteiger partial charge in [0, 0.05) is 30.8 Å². The summed E-state index contributed by atoms with van der Waals surface area (Å²) < 4.78 is 5.32. The molecule has 1 N–H and O–H groups in total. The van der Waals surface area contributed by atoms with Gasteiger partial charge in [-0.05, 0) is 24.6 Å². The van der Waals surface area contributed by atoms with Crippen LogP contribution in [-0.4, -0.2) is 24.5 Å². The van der Waals surface area contributed by atoms with Gasteiger partial charge in [-0.1, -0.05) is 0 Å². The molecular formula is C17H15N5O2. The summed E-state index contributed by atoms with van der Waals surface area (Å²) in [4.78, 5) is 13.5. The molecule has 0 saturated carbocycles. The lowest BCUT2D eigenvalue weighted by Gasteiger charge is -2.18. The summed E-state index contributed by atoms with van der Waals surface area (Å²) in [5.41, 5.74) is 0.917. The summed E-state index contributed by atoms with van der Waals surface area (Å²) in [6.45, 7) is 1.11. The maximum Gasteiger partial charge on any atom is 0.222 e. The van der Waals surface area contributed by atoms with Crippen LogP contribution in [-0.2, 0) is 11.3 Å². The van der Waals surface area contributed by atoms with E-state index in [0.717, 1.165) is 12.0 Å². The monoisotopic (exact) mass is 321 g/mol. The molecule has 1 aliphatic heterocycles. The first-order chi connectivity index (χ1) is 11.6. The molecule has 120 valence electrons. The summed E-state index contributed by atoms with van der Waals surface area (Å²) in [7, 11) is 1.54. The van der Waals surface area contributed by atoms with Crippen molar-refractivity contribution in [1.29, 1.82) is 15.8 Å². The summed E-state index contributed by atoms with van der Waals surface area (Å²) in [6, 6.07) is 10.3. The number of hydrogen-bond acceptors (Lipinski definition) is 6. The molecule has 7 heteroatoms. The number of carbonyl (C=O) groups excluding carboxylic acids is 1. The standard InChI is InChI=1S/C17H15N5O2/c1-24-16-5-4-14(21-15(10-20)13(8-18)9-19)7-12(16)11-22-6-2-3-17(22)23/h4-5,7,21H,2-3,6,11H2,1H3. The number of likely N-dealkylation sites (tertiary alicyclic amines) is 1. The van der Waals surface area contributed by atoms with Crippen LogP contribution in [0.25, 0.3) is 0 Å². The number of hydrogen-bond donors (Lipinski definition) is 1. The minimum absolute atomic E-state index is 0.101. The predicted octanol–water partition coefficient (Wildman–Crippen LogP) is 2.05. The van der Waals surface area contributed by atoms with Crippen LogP contribution in [0.5, 0.6) is 5.75 Å². The molecule has 7 nitrogen and oxygen atoms in total. The van der Waals surface area contributed by atoms with Crippen LogP contribution in [0.1, 0.15) is 18.4 Å². The van der Waals surface area contributed by atoms with Gasteiger partial charge in [0.15, 0.2) is 5.57 Å². The third kappa shape index (κ3) is 3.63. The number of allylic oxidation sites excluding steroid dienone is 2. The normalized spacial score (nSPS) is 12.8. The number of ether oxygens (including phenoxy) is 1. The molecule has 0 aromatic heterocycles. The van der Waals surface area contributed by atoms with E-state index in [1.165, 1.54) is 0 Å². The highest BCUT2D eigenvalue weighted by Crippen LogP contribution is 2.26. The molecule has 1 aliphatic rings. The first kappa shape index (κ1) is 16.9. The first-order valence-electron chi connectivity index (χ1n) is 7.29. The Balaban J connectivity index is 2.30. The fourth-order valence-corrected chi connectivity index (χ4v) is 2.48. The van der Waals surface area contributed by atoms with Gasteiger partial charge in [0.25, 0.3) is 0 Å². The molecule has 2 rings (SSSR count). The molecular weight excluding hydrogens is 306 g/mol. The van der Waals surface area contributed by atoms with E-state index in [1.54, 1.807) is 42.3 Å². The number of carbonyl (C=O) groups is 1. The van der Waals surface area contributed by atoms with E-state index in [4.69, 9.17) is 20.5 Å². The molecule has 1 aromatic carbocycles. The SMILES string of the molecule is COc1ccc(NC(C#N)=C(C#N)C#N)cc1CN1CCCC1=O. The summed E-state index contributed by atoms with van der Waals surface area (Å²) in [5, 5.41) is 29.6. The number of anilines is 1. The number of nitrogens with one attached hydrogen (secondary N) is 1. The highest BCUT2D eigenvalue weighted by molar-refractivity contribution is 5.78. The van der Waals surface area contributed by atoms with E-state index in [0.29, 0.717) is 30.9 Å². The number of nitrogens with zero attached hydrogens (tertiary/aromatic N) is 4. The Labute approximate surface area is 140 Å². The van der Waals surface area contributed by atoms with E-state index < -0.39 is 0 Å². The minimum atomic E-state index is -0.287. The molecule has 1 saturated heterocycles. The Morgan fingerprint density at radius 2 is 2.04 bits per heavy atom. The average molecular weight is 321 g/mol. The minimum Gasteiger partial charge on any atom is -0.496 e. The van der Waals surface area contributed by atoms with Gasteiger partial charge in [-0.2, -0.15) is 15.8 Å². The second kappa shape index (κ2) is 7.67. The van der Waals surface area contributed by atoms with E-state index in [-0.39, 0.29) is 17.2 Å². The van der Waals surface area contributed by atoms with Crippen LogP contribution in [0.15, 0.2) is 29.5 Å². The van der Waals surface area contributed by atoms with Gasteiger partial charge in [-0.3, -0.25) is 4.79 Å². The molecule has 0 unspecified atom stereocenters. The van der Waals surface area contributed by atoms with Crippen molar-refractivity contribution in [2.45, 2.75) is 19.4 Å². The van der Waals surface area contributed by atoms with Gasteiger partial charge < -0.3 is 15.0 Å². The summed E-state index contributed by atoms with van der Waals surface area (Å²) in [5.74, 6) is 0.729. The Morgan fingerprint density at radius 3 is 2.58 bits per heavy atom. The van der Waals surface area contributed by atoms with Crippen molar-refractivity contribution < 1.29 is 9.53 Å². The van der Waals surface area contributed by atoms with Crippen molar-refractivity contribution in [3.05, 3.63) is 35.0 Å². The molecule has 0 atom stereocenters. The molecule has 1 fully saturated rings. The molecule has 0 radical (unpaired) electrons. The van der Waals surface area contributed by atoms with Crippen molar-refractivity contribution in [3.8, 4) is 24.0 Å². The van der Waals surface area contributed by atoms with Gasteiger partial charge in [-0.15, -0.1) is 0 Å². The lowest BCUT2D eigenvalue weighted by atomic mass is 10.1. The summed E-state index contributed by atoms with van der Waals surface area (Å²) >= 11 is 0. The molecule has 1 amide bonds. The predicted molar refractivity (Wildman–Crippen MR) is 85.1 cm³/mol. The topological polar surface area (TPSA) is 113 Å². The smallest absolute Gasteiger partial charge is 0.222 e. The largest absolute Gasteiger partial charge is 0.496 e. The Morgan fingerprint density at radius 1 is 1.29 bits per heavy atom. The van der Waals surface area contributed by atoms with Crippen molar-refractivity contribution >= 4 is 11.6 Å². The Kier molecular flexibility index (Phi) is 5.39. The van der Waals surface area contributed by atoms with Crippen LogP contribution >= 0.6 is 0 Å². The van der Waals surface area contributed by atoms with Crippen LogP contribution in [0.3, 0.4) is 0 Å². The van der Waals surface area contributed by atoms with Crippen molar-refractivity contribution in [1.82, 2.24) is 4.90 Å². The van der Waals surface area contributed by atoms with E-state index in [2.05, 4.69) is 5.32 Å². The van der Waals surface area contributed by atoms with Crippen molar-refractivity contribution in [2.24, 2.45) is 0 Å². The zero-order valence-corrected chi connectivity index (χ0v) is 13.2. The fraction of sp³-hybridized carbons (Fsp3) is 0.294. The molecule has 24 heavy (non-hydrogen) atoms. The molecule has 1 aromatic rings. The van der Waals surface area contributed by atoms with Crippen molar-refractivity contribution in [2.75, 3.05) is 19.0 Å². The van der Waals surface area contributed by atoms with Gasteiger partial charge >= 0.3 is 0 Å². The maximum atomic E-state index is 11.8. The fourth-order valence-electron chi connectivity index (χ4n) is 2.48. The van der Waals surface area contributed by atoms with Gasteiger partial charge in [0.1, 0.15) is 29.7 Å². The van der Waals surface area contributed by atoms with Crippen LogP contribution in [0.2, 0.25) is 0 Å². The van der Waals surface area contributed by atoms with Gasteiger partial charge in [0.2, 0.25) is 5.91 Å². The van der Waals surface area contributed by atoms with Crippen LogP contribution < -0.4 is 10.1 Å². The van der Waals surface area contributed by atoms with Crippen LogP contribution in [0.4, 0.5) is 5.69 Å². The zero-order chi connectivity index (χ0) is 17.5. The lowest BCUT2D eigenvalue weighted by molar-refractivity contribution is -0.128. The highest BCUT2D eigenvalue weighted by Gasteiger charge is 2.21. The molecule has 0 aliphatic carbocycles. The zero-order valence-electron chi connectivity index (χ0n) is 13.2. The third-order valence-electron chi connectivity index (χ3n) is 3.67. The van der Waals surface area contributed by atoms with E-state index in [1.807, 2.05) is 6.07 Å². The molecule has 0 bridgehead atoms. The van der Waals surface area contributed by atoms with E-state index in [9.17, 15) is 4.79 Å². The first-order valence-corrected chi connectivity index (χ1v) is 7.29. The highest BCUT2D eigenvalue weighted by atomic mass is 16.5. The average Bonchev–Trinajstić information content (AvgIpc) is 3.00. The van der Waals surface area contributed by atoms with Crippen molar-refractivity contribution in [3.63, 3.8) is 0 Å². The third-order valence-corrected chi connectivity index (χ3v) is 3.67. The number of nitriles is 3. The quantitative estimate of drug-likeness (QED) is 0.830. The molecule has 1 heterocycles. The second-order valence-electron chi connectivity index (χ2n) is 5.16. The second-order valence-corrected chi connectivity index (χ2v) is 5.16. The number of rotatable bonds is 5. The maximum absolute atomic E-state index is 11.8. The Hall–Kier alpha value is -3.50. The van der Waals surface area contributed by atoms with Gasteiger partial charge in [0.05, 0.1) is 7.11 Å². The van der Waals surface area contributed by atoms with Gasteiger partial charge in [-0.25, -0.2) is 0 Å². The Bertz CT molecular complexity index is 792. The molecule has 0 spiro atoms. The van der Waals surface area contributed by atoms with E-state index >= 15 is 0 Å². The van der Waals surface area contributed by atoms with Crippen LogP contribution in [0, 0.1) is 34.0 Å². The lowest BCUT2D eigenvalue weighted by Crippen LogP contribution is -2.24. The number of methoxy groups -OCH3 is 1. The number of benzene rings is 1.